The molecule has 3 rings (SSSR count). The van der Waals surface area contributed by atoms with Crippen molar-refractivity contribution >= 4 is 5.97 Å². The van der Waals surface area contributed by atoms with Crippen LogP contribution >= 0.6 is 0 Å². The van der Waals surface area contributed by atoms with Crippen LogP contribution in [0.4, 0.5) is 0 Å². The second-order valence-corrected chi connectivity index (χ2v) is 7.18. The zero-order chi connectivity index (χ0) is 14.1. The zero-order valence-electron chi connectivity index (χ0n) is 12.9. The van der Waals surface area contributed by atoms with Crippen molar-refractivity contribution in [3.05, 3.63) is 0 Å². The van der Waals surface area contributed by atoms with Crippen molar-refractivity contribution in [2.45, 2.75) is 70.4 Å². The number of ether oxygens (including phenoxy) is 1. The fourth-order valence-electron chi connectivity index (χ4n) is 5.08. The first kappa shape index (κ1) is 14.4. The Hall–Kier alpha value is -0.570. The Morgan fingerprint density at radius 3 is 2.55 bits per heavy atom. The third-order valence-corrected chi connectivity index (χ3v) is 6.27. The molecule has 2 bridgehead atoms. The Morgan fingerprint density at radius 1 is 1.15 bits per heavy atom. The highest BCUT2D eigenvalue weighted by molar-refractivity contribution is 5.74. The van der Waals surface area contributed by atoms with E-state index in [1.165, 1.54) is 44.9 Å². The van der Waals surface area contributed by atoms with Crippen LogP contribution < -0.4 is 5.32 Å². The fourth-order valence-corrected chi connectivity index (χ4v) is 5.08. The van der Waals surface area contributed by atoms with Crippen LogP contribution in [0.5, 0.6) is 0 Å². The molecule has 2 aliphatic heterocycles. The lowest BCUT2D eigenvalue weighted by atomic mass is 9.67. The highest BCUT2D eigenvalue weighted by atomic mass is 16.5. The van der Waals surface area contributed by atoms with Gasteiger partial charge in [0, 0.05) is 12.1 Å². The Labute approximate surface area is 122 Å². The van der Waals surface area contributed by atoms with E-state index in [1.807, 2.05) is 0 Å². The van der Waals surface area contributed by atoms with E-state index in [1.54, 1.807) is 7.11 Å². The van der Waals surface area contributed by atoms with Crippen molar-refractivity contribution < 1.29 is 9.53 Å². The molecule has 20 heavy (non-hydrogen) atoms. The van der Waals surface area contributed by atoms with Gasteiger partial charge in [0.05, 0.1) is 13.0 Å². The number of hydrogen-bond acceptors (Lipinski definition) is 3. The number of hydrogen-bond donors (Lipinski definition) is 1. The van der Waals surface area contributed by atoms with Gasteiger partial charge >= 0.3 is 5.97 Å². The molecule has 0 aromatic carbocycles. The molecule has 3 aliphatic rings. The monoisotopic (exact) mass is 279 g/mol. The summed E-state index contributed by atoms with van der Waals surface area (Å²) in [6.07, 6.45) is 10.3. The van der Waals surface area contributed by atoms with Crippen molar-refractivity contribution in [3.8, 4) is 0 Å². The average molecular weight is 279 g/mol. The summed E-state index contributed by atoms with van der Waals surface area (Å²) in [5.41, 5.74) is 0. The number of esters is 1. The standard InChI is InChI=1S/C17H29NO2/c1-3-11-4-6-12(7-5-11)14-10-13-8-9-15(18-13)16(14)17(19)20-2/h11-16,18H,3-10H2,1-2H3. The SMILES string of the molecule is CCC1CCC(C2CC3CCC(N3)C2C(=O)OC)CC1. The summed E-state index contributed by atoms with van der Waals surface area (Å²) in [4.78, 5) is 12.3. The summed E-state index contributed by atoms with van der Waals surface area (Å²) >= 11 is 0. The molecule has 3 heteroatoms. The van der Waals surface area contributed by atoms with Crippen molar-refractivity contribution in [1.29, 1.82) is 0 Å². The lowest BCUT2D eigenvalue weighted by Crippen LogP contribution is -2.51. The molecule has 2 saturated heterocycles. The number of nitrogens with one attached hydrogen (secondary N) is 1. The minimum Gasteiger partial charge on any atom is -0.469 e. The minimum absolute atomic E-state index is 0.0328. The maximum absolute atomic E-state index is 12.3. The quantitative estimate of drug-likeness (QED) is 0.807. The number of fused-ring (bicyclic) bond motifs is 2. The molecule has 114 valence electrons. The lowest BCUT2D eigenvalue weighted by molar-refractivity contribution is -0.151. The van der Waals surface area contributed by atoms with Crippen LogP contribution in [0.25, 0.3) is 0 Å². The molecule has 2 heterocycles. The fraction of sp³-hybridized carbons (Fsp3) is 0.941. The van der Waals surface area contributed by atoms with E-state index in [2.05, 4.69) is 12.2 Å². The van der Waals surface area contributed by atoms with Gasteiger partial charge in [0.1, 0.15) is 0 Å². The highest BCUT2D eigenvalue weighted by Crippen LogP contribution is 2.45. The van der Waals surface area contributed by atoms with Gasteiger partial charge in [0.15, 0.2) is 0 Å². The Bertz CT molecular complexity index is 349. The van der Waals surface area contributed by atoms with Crippen LogP contribution in [0.15, 0.2) is 0 Å². The first-order valence-electron chi connectivity index (χ1n) is 8.56. The molecule has 0 amide bonds. The van der Waals surface area contributed by atoms with E-state index in [0.29, 0.717) is 18.0 Å². The molecule has 1 N–H and O–H groups in total. The molecule has 0 aromatic rings. The molecule has 3 fully saturated rings. The zero-order valence-corrected chi connectivity index (χ0v) is 12.9. The van der Waals surface area contributed by atoms with Crippen molar-refractivity contribution in [3.63, 3.8) is 0 Å². The van der Waals surface area contributed by atoms with E-state index in [9.17, 15) is 4.79 Å². The van der Waals surface area contributed by atoms with Gasteiger partial charge in [-0.1, -0.05) is 26.2 Å². The van der Waals surface area contributed by atoms with Gasteiger partial charge in [-0.05, 0) is 49.9 Å². The Balaban J connectivity index is 1.71. The van der Waals surface area contributed by atoms with Crippen LogP contribution in [0.2, 0.25) is 0 Å². The maximum atomic E-state index is 12.3. The van der Waals surface area contributed by atoms with E-state index < -0.39 is 0 Å². The molecule has 3 nitrogen and oxygen atoms in total. The van der Waals surface area contributed by atoms with Crippen molar-refractivity contribution in [2.24, 2.45) is 23.7 Å². The van der Waals surface area contributed by atoms with Gasteiger partial charge in [-0.3, -0.25) is 4.79 Å². The number of rotatable bonds is 3. The van der Waals surface area contributed by atoms with Gasteiger partial charge in [0.2, 0.25) is 0 Å². The van der Waals surface area contributed by atoms with E-state index in [4.69, 9.17) is 4.74 Å². The molecule has 0 spiro atoms. The number of carbonyl (C=O) groups excluding carboxylic acids is 1. The van der Waals surface area contributed by atoms with Gasteiger partial charge < -0.3 is 10.1 Å². The summed E-state index contributed by atoms with van der Waals surface area (Å²) in [7, 11) is 1.55. The van der Waals surface area contributed by atoms with Gasteiger partial charge in [-0.15, -0.1) is 0 Å². The number of methoxy groups -OCH3 is 1. The summed E-state index contributed by atoms with van der Waals surface area (Å²) in [6.45, 7) is 2.31. The van der Waals surface area contributed by atoms with Gasteiger partial charge in [-0.25, -0.2) is 0 Å². The summed E-state index contributed by atoms with van der Waals surface area (Å²) in [5.74, 6) is 2.40. The first-order valence-corrected chi connectivity index (χ1v) is 8.56. The largest absolute Gasteiger partial charge is 0.469 e. The molecule has 4 unspecified atom stereocenters. The average Bonchev–Trinajstić information content (AvgIpc) is 2.88. The molecule has 0 aromatic heterocycles. The molecule has 0 radical (unpaired) electrons. The second-order valence-electron chi connectivity index (χ2n) is 7.18. The maximum Gasteiger partial charge on any atom is 0.310 e. The van der Waals surface area contributed by atoms with E-state index >= 15 is 0 Å². The predicted octanol–water partition coefficient (Wildman–Crippen LogP) is 3.13. The lowest BCUT2D eigenvalue weighted by Gasteiger charge is -2.42. The molecule has 4 atom stereocenters. The van der Waals surface area contributed by atoms with Crippen LogP contribution in [0.3, 0.4) is 0 Å². The van der Waals surface area contributed by atoms with Crippen LogP contribution in [-0.2, 0) is 9.53 Å². The highest BCUT2D eigenvalue weighted by Gasteiger charge is 2.48. The topological polar surface area (TPSA) is 38.3 Å². The summed E-state index contributed by atoms with van der Waals surface area (Å²) in [6, 6.07) is 1.05. The third kappa shape index (κ3) is 2.61. The van der Waals surface area contributed by atoms with Crippen LogP contribution in [0, 0.1) is 23.7 Å². The minimum atomic E-state index is 0.0328. The van der Waals surface area contributed by atoms with E-state index in [-0.39, 0.29) is 11.9 Å². The van der Waals surface area contributed by atoms with Crippen LogP contribution in [-0.4, -0.2) is 25.2 Å². The normalized spacial score (nSPS) is 44.3. The first-order chi connectivity index (χ1) is 9.72. The Kier molecular flexibility index (Phi) is 4.34. The molecular formula is C17H29NO2. The summed E-state index contributed by atoms with van der Waals surface area (Å²) < 4.78 is 5.12. The van der Waals surface area contributed by atoms with Crippen molar-refractivity contribution in [1.82, 2.24) is 5.32 Å². The number of carbonyl (C=O) groups is 1. The van der Waals surface area contributed by atoms with E-state index in [0.717, 1.165) is 18.3 Å². The van der Waals surface area contributed by atoms with Gasteiger partial charge in [-0.2, -0.15) is 0 Å². The number of piperidine rings is 1. The molecule has 1 aliphatic carbocycles. The van der Waals surface area contributed by atoms with Crippen molar-refractivity contribution in [2.75, 3.05) is 7.11 Å². The van der Waals surface area contributed by atoms with Crippen LogP contribution in [0.1, 0.15) is 58.3 Å². The van der Waals surface area contributed by atoms with Gasteiger partial charge in [0.25, 0.3) is 0 Å². The molecular weight excluding hydrogens is 250 g/mol. The predicted molar refractivity (Wildman–Crippen MR) is 79.3 cm³/mol. The Morgan fingerprint density at radius 2 is 1.90 bits per heavy atom. The smallest absolute Gasteiger partial charge is 0.310 e. The second kappa shape index (κ2) is 6.05. The third-order valence-electron chi connectivity index (χ3n) is 6.27. The summed E-state index contributed by atoms with van der Waals surface area (Å²) in [5, 5.41) is 3.64. The molecule has 1 saturated carbocycles.